The molecule has 0 spiro atoms. The van der Waals surface area contributed by atoms with Gasteiger partial charge in [0.1, 0.15) is 5.82 Å². The largest absolute Gasteiger partial charge is 0.376 e. The lowest BCUT2D eigenvalue weighted by molar-refractivity contribution is 0.602. The first-order chi connectivity index (χ1) is 8.66. The van der Waals surface area contributed by atoms with Crippen LogP contribution in [0.5, 0.6) is 0 Å². The third kappa shape index (κ3) is 1.85. The Hall–Kier alpha value is -1.26. The number of anilines is 1. The molecule has 2 aromatic rings. The van der Waals surface area contributed by atoms with E-state index in [0.29, 0.717) is 11.2 Å². The maximum absolute atomic E-state index is 6.21. The number of halogens is 1. The molecule has 1 fully saturated rings. The number of imidazole rings is 1. The fourth-order valence-electron chi connectivity index (χ4n) is 2.47. The topological polar surface area (TPSA) is 32.6 Å². The quantitative estimate of drug-likeness (QED) is 0.905. The monoisotopic (exact) mass is 264 g/mol. The van der Waals surface area contributed by atoms with Crippen LogP contribution >= 0.6 is 11.6 Å². The summed E-state index contributed by atoms with van der Waals surface area (Å²) in [5.41, 5.74) is 2.13. The van der Waals surface area contributed by atoms with Crippen LogP contribution < -0.4 is 10.2 Å². The van der Waals surface area contributed by atoms with Crippen LogP contribution in [-0.2, 0) is 0 Å². The second-order valence-electron chi connectivity index (χ2n) is 4.95. The first-order valence-electron chi connectivity index (χ1n) is 6.25. The van der Waals surface area contributed by atoms with Crippen LogP contribution in [0.15, 0.2) is 18.3 Å². The molecule has 1 aliphatic rings. The maximum Gasteiger partial charge on any atom is 0.155 e. The van der Waals surface area contributed by atoms with Gasteiger partial charge in [0.2, 0.25) is 0 Å². The average molecular weight is 265 g/mol. The molecule has 96 valence electrons. The predicted octanol–water partition coefficient (Wildman–Crippen LogP) is 2.48. The zero-order valence-electron chi connectivity index (χ0n) is 10.7. The number of rotatable bonds is 2. The van der Waals surface area contributed by atoms with Gasteiger partial charge in [-0.05, 0) is 31.5 Å². The van der Waals surface area contributed by atoms with Crippen molar-refractivity contribution in [2.24, 2.45) is 0 Å². The average Bonchev–Trinajstić information content (AvgIpc) is 2.97. The maximum atomic E-state index is 6.21. The highest BCUT2D eigenvalue weighted by atomic mass is 35.5. The van der Waals surface area contributed by atoms with Crippen LogP contribution in [0, 0.1) is 0 Å². The molecular formula is C13H17ClN4. The molecule has 3 rings (SSSR count). The highest BCUT2D eigenvalue weighted by molar-refractivity contribution is 6.32. The minimum Gasteiger partial charge on any atom is -0.376 e. The Labute approximate surface area is 112 Å². The summed E-state index contributed by atoms with van der Waals surface area (Å²) in [6.45, 7) is 1.06. The lowest BCUT2D eigenvalue weighted by Gasteiger charge is -2.14. The molecule has 2 aromatic heterocycles. The summed E-state index contributed by atoms with van der Waals surface area (Å²) in [6, 6.07) is 4.42. The number of nitrogens with one attached hydrogen (secondary N) is 1. The molecule has 0 aromatic carbocycles. The van der Waals surface area contributed by atoms with Gasteiger partial charge in [-0.2, -0.15) is 0 Å². The summed E-state index contributed by atoms with van der Waals surface area (Å²) in [5.74, 6) is 1.02. The number of hydrogen-bond donors (Lipinski definition) is 1. The molecule has 3 heterocycles. The molecule has 0 aliphatic carbocycles. The van der Waals surface area contributed by atoms with Crippen molar-refractivity contribution in [1.29, 1.82) is 0 Å². The molecule has 18 heavy (non-hydrogen) atoms. The van der Waals surface area contributed by atoms with Crippen molar-refractivity contribution in [3.63, 3.8) is 0 Å². The van der Waals surface area contributed by atoms with Gasteiger partial charge in [-0.15, -0.1) is 0 Å². The van der Waals surface area contributed by atoms with E-state index in [0.717, 1.165) is 30.0 Å². The lowest BCUT2D eigenvalue weighted by Crippen LogP contribution is -2.16. The third-order valence-electron chi connectivity index (χ3n) is 3.49. The van der Waals surface area contributed by atoms with Crippen molar-refractivity contribution in [2.75, 3.05) is 25.5 Å². The number of pyridine rings is 1. The third-order valence-corrected chi connectivity index (χ3v) is 3.77. The lowest BCUT2D eigenvalue weighted by atomic mass is 10.2. The Morgan fingerprint density at radius 1 is 1.44 bits per heavy atom. The first kappa shape index (κ1) is 11.8. The Kier molecular flexibility index (Phi) is 2.92. The van der Waals surface area contributed by atoms with E-state index in [1.165, 1.54) is 6.42 Å². The van der Waals surface area contributed by atoms with Crippen molar-refractivity contribution in [3.05, 3.63) is 29.3 Å². The van der Waals surface area contributed by atoms with Crippen LogP contribution in [0.4, 0.5) is 5.69 Å². The van der Waals surface area contributed by atoms with Crippen LogP contribution in [0.3, 0.4) is 0 Å². The summed E-state index contributed by atoms with van der Waals surface area (Å²) in [5, 5.41) is 4.06. The number of fused-ring (bicyclic) bond motifs is 1. The van der Waals surface area contributed by atoms with E-state index in [9.17, 15) is 0 Å². The highest BCUT2D eigenvalue weighted by Crippen LogP contribution is 2.28. The molecule has 1 N–H and O–H groups in total. The Morgan fingerprint density at radius 3 is 2.94 bits per heavy atom. The van der Waals surface area contributed by atoms with Gasteiger partial charge in [0, 0.05) is 20.3 Å². The van der Waals surface area contributed by atoms with E-state index < -0.39 is 0 Å². The summed E-state index contributed by atoms with van der Waals surface area (Å²) in [4.78, 5) is 6.60. The zero-order valence-corrected chi connectivity index (χ0v) is 11.4. The molecule has 1 aliphatic heterocycles. The summed E-state index contributed by atoms with van der Waals surface area (Å²) >= 11 is 6.21. The minimum absolute atomic E-state index is 0.322. The summed E-state index contributed by atoms with van der Waals surface area (Å²) in [6.07, 6.45) is 4.43. The van der Waals surface area contributed by atoms with Crippen molar-refractivity contribution < 1.29 is 0 Å². The predicted molar refractivity (Wildman–Crippen MR) is 74.5 cm³/mol. The van der Waals surface area contributed by atoms with Gasteiger partial charge in [-0.25, -0.2) is 4.98 Å². The van der Waals surface area contributed by atoms with Gasteiger partial charge < -0.3 is 10.2 Å². The van der Waals surface area contributed by atoms with Gasteiger partial charge in [0.25, 0.3) is 0 Å². The van der Waals surface area contributed by atoms with Crippen LogP contribution in [0.1, 0.15) is 24.7 Å². The second-order valence-corrected chi connectivity index (χ2v) is 5.30. The smallest absolute Gasteiger partial charge is 0.155 e. The zero-order chi connectivity index (χ0) is 12.7. The van der Waals surface area contributed by atoms with E-state index in [2.05, 4.69) is 31.9 Å². The number of aromatic nitrogens is 2. The van der Waals surface area contributed by atoms with Crippen LogP contribution in [-0.4, -0.2) is 30.0 Å². The van der Waals surface area contributed by atoms with Crippen LogP contribution in [0.25, 0.3) is 5.52 Å². The number of hydrogen-bond acceptors (Lipinski definition) is 3. The molecule has 0 amide bonds. The van der Waals surface area contributed by atoms with Gasteiger partial charge in [-0.1, -0.05) is 11.6 Å². The highest BCUT2D eigenvalue weighted by Gasteiger charge is 2.22. The Balaban J connectivity index is 2.15. The minimum atomic E-state index is 0.322. The van der Waals surface area contributed by atoms with Gasteiger partial charge in [0.15, 0.2) is 5.15 Å². The number of nitrogens with zero attached hydrogens (tertiary/aromatic N) is 3. The van der Waals surface area contributed by atoms with E-state index in [1.54, 1.807) is 0 Å². The molecule has 1 unspecified atom stereocenters. The van der Waals surface area contributed by atoms with E-state index >= 15 is 0 Å². The normalized spacial score (nSPS) is 19.6. The Bertz CT molecular complexity index is 570. The van der Waals surface area contributed by atoms with E-state index in [1.807, 2.05) is 20.2 Å². The molecule has 1 saturated heterocycles. The first-order valence-corrected chi connectivity index (χ1v) is 6.63. The second kappa shape index (κ2) is 4.44. The molecular weight excluding hydrogens is 248 g/mol. The van der Waals surface area contributed by atoms with E-state index in [4.69, 9.17) is 11.6 Å². The van der Waals surface area contributed by atoms with Gasteiger partial charge >= 0.3 is 0 Å². The SMILES string of the molecule is CN(C)c1ccc2c(Cl)nc(C3CCCN3)n2c1. The summed E-state index contributed by atoms with van der Waals surface area (Å²) in [7, 11) is 4.07. The molecule has 4 nitrogen and oxygen atoms in total. The fraction of sp³-hybridized carbons (Fsp3) is 0.462. The summed E-state index contributed by atoms with van der Waals surface area (Å²) < 4.78 is 2.11. The van der Waals surface area contributed by atoms with Crippen molar-refractivity contribution >= 4 is 22.8 Å². The molecule has 0 bridgehead atoms. The van der Waals surface area contributed by atoms with Crippen molar-refractivity contribution in [2.45, 2.75) is 18.9 Å². The molecule has 1 atom stereocenters. The van der Waals surface area contributed by atoms with Gasteiger partial charge in [-0.3, -0.25) is 4.40 Å². The van der Waals surface area contributed by atoms with Crippen LogP contribution in [0.2, 0.25) is 5.15 Å². The van der Waals surface area contributed by atoms with Crippen molar-refractivity contribution in [3.8, 4) is 0 Å². The molecule has 5 heteroatoms. The Morgan fingerprint density at radius 2 is 2.28 bits per heavy atom. The van der Waals surface area contributed by atoms with E-state index in [-0.39, 0.29) is 0 Å². The van der Waals surface area contributed by atoms with Crippen molar-refractivity contribution in [1.82, 2.24) is 14.7 Å². The fourth-order valence-corrected chi connectivity index (χ4v) is 2.71. The molecule has 0 saturated carbocycles. The standard InChI is InChI=1S/C13H17ClN4/c1-17(2)9-5-6-11-12(14)16-13(18(11)8-9)10-4-3-7-15-10/h5-6,8,10,15H,3-4,7H2,1-2H3. The van der Waals surface area contributed by atoms with Gasteiger partial charge in [0.05, 0.1) is 17.2 Å². The molecule has 0 radical (unpaired) electrons.